The normalized spacial score (nSPS) is 12.3. The highest BCUT2D eigenvalue weighted by Gasteiger charge is 2.07. The maximum Gasteiger partial charge on any atom is 0.251 e. The van der Waals surface area contributed by atoms with Crippen LogP contribution in [0.25, 0.3) is 0 Å². The lowest BCUT2D eigenvalue weighted by Gasteiger charge is -2.08. The molecule has 0 aliphatic heterocycles. The van der Waals surface area contributed by atoms with E-state index in [1.807, 2.05) is 12.1 Å². The number of nitrogens with zero attached hydrogens (tertiary/aromatic N) is 2. The first-order chi connectivity index (χ1) is 9.17. The van der Waals surface area contributed by atoms with Gasteiger partial charge in [-0.1, -0.05) is 25.6 Å². The van der Waals surface area contributed by atoms with E-state index in [1.165, 1.54) is 0 Å². The van der Waals surface area contributed by atoms with Crippen molar-refractivity contribution >= 4 is 11.8 Å². The smallest absolute Gasteiger partial charge is 0.251 e. The largest absolute Gasteiger partial charge is 0.301 e. The predicted molar refractivity (Wildman–Crippen MR) is 77.5 cm³/mol. The van der Waals surface area contributed by atoms with Crippen molar-refractivity contribution in [3.8, 4) is 0 Å². The van der Waals surface area contributed by atoms with E-state index in [9.17, 15) is 4.79 Å². The Hall–Kier alpha value is -1.62. The van der Waals surface area contributed by atoms with Gasteiger partial charge >= 0.3 is 0 Å². The first-order valence-electron chi connectivity index (χ1n) is 6.33. The number of rotatable bonds is 5. The van der Waals surface area contributed by atoms with E-state index in [2.05, 4.69) is 28.8 Å². The van der Waals surface area contributed by atoms with Crippen LogP contribution in [0, 0.1) is 0 Å². The molecule has 2 aromatic rings. The Morgan fingerprint density at radius 3 is 2.79 bits per heavy atom. The number of pyridine rings is 1. The lowest BCUT2D eigenvalue weighted by atomic mass is 10.1. The summed E-state index contributed by atoms with van der Waals surface area (Å²) in [6.07, 6.45) is 5.19. The summed E-state index contributed by atoms with van der Waals surface area (Å²) in [5, 5.41) is 1.14. The summed E-state index contributed by atoms with van der Waals surface area (Å²) >= 11 is 1.60. The SMILES string of the molecule is CCC(C)Sc1nc(Cc2ccncc2)cc(=O)[nH]1. The van der Waals surface area contributed by atoms with Gasteiger partial charge in [-0.05, 0) is 24.1 Å². The third kappa shape index (κ3) is 4.21. The number of H-pyrrole nitrogens is 1. The molecule has 0 fully saturated rings. The summed E-state index contributed by atoms with van der Waals surface area (Å²) in [6, 6.07) is 5.43. The summed E-state index contributed by atoms with van der Waals surface area (Å²) in [6.45, 7) is 4.25. The van der Waals surface area contributed by atoms with Crippen molar-refractivity contribution in [2.45, 2.75) is 37.1 Å². The van der Waals surface area contributed by atoms with Crippen LogP contribution in [0.2, 0.25) is 0 Å². The van der Waals surface area contributed by atoms with Gasteiger partial charge in [0.15, 0.2) is 5.16 Å². The Morgan fingerprint density at radius 2 is 2.11 bits per heavy atom. The molecule has 0 amide bonds. The minimum atomic E-state index is -0.0927. The molecule has 2 aromatic heterocycles. The summed E-state index contributed by atoms with van der Waals surface area (Å²) < 4.78 is 0. The van der Waals surface area contributed by atoms with Crippen LogP contribution in [0.5, 0.6) is 0 Å². The summed E-state index contributed by atoms with van der Waals surface area (Å²) in [5.41, 5.74) is 1.80. The van der Waals surface area contributed by atoms with Crippen molar-refractivity contribution in [2.75, 3.05) is 0 Å². The van der Waals surface area contributed by atoms with E-state index in [1.54, 1.807) is 30.2 Å². The van der Waals surface area contributed by atoms with E-state index < -0.39 is 0 Å². The molecule has 0 spiro atoms. The van der Waals surface area contributed by atoms with Gasteiger partial charge < -0.3 is 4.98 Å². The highest BCUT2D eigenvalue weighted by molar-refractivity contribution is 7.99. The molecular weight excluding hydrogens is 258 g/mol. The molecule has 0 saturated heterocycles. The Morgan fingerprint density at radius 1 is 1.37 bits per heavy atom. The van der Waals surface area contributed by atoms with Crippen LogP contribution < -0.4 is 5.56 Å². The number of thioether (sulfide) groups is 1. The molecular formula is C14H17N3OS. The van der Waals surface area contributed by atoms with Crippen LogP contribution in [0.4, 0.5) is 0 Å². The molecule has 0 bridgehead atoms. The van der Waals surface area contributed by atoms with Gasteiger partial charge in [0.25, 0.3) is 5.56 Å². The van der Waals surface area contributed by atoms with Gasteiger partial charge in [0.2, 0.25) is 0 Å². The average Bonchev–Trinajstić information content (AvgIpc) is 2.39. The van der Waals surface area contributed by atoms with Gasteiger partial charge in [-0.2, -0.15) is 0 Å². The Balaban J connectivity index is 2.19. The van der Waals surface area contributed by atoms with Crippen molar-refractivity contribution in [2.24, 2.45) is 0 Å². The van der Waals surface area contributed by atoms with Crippen molar-refractivity contribution in [3.63, 3.8) is 0 Å². The molecule has 0 aliphatic rings. The summed E-state index contributed by atoms with van der Waals surface area (Å²) in [5.74, 6) is 0. The first kappa shape index (κ1) is 13.8. The minimum absolute atomic E-state index is 0.0927. The van der Waals surface area contributed by atoms with Gasteiger partial charge in [-0.25, -0.2) is 4.98 Å². The molecule has 2 heterocycles. The van der Waals surface area contributed by atoms with E-state index in [0.29, 0.717) is 16.8 Å². The van der Waals surface area contributed by atoms with Gasteiger partial charge in [-0.3, -0.25) is 9.78 Å². The fraction of sp³-hybridized carbons (Fsp3) is 0.357. The molecule has 1 unspecified atom stereocenters. The maximum absolute atomic E-state index is 11.6. The molecule has 2 rings (SSSR count). The Kier molecular flexibility index (Phi) is 4.74. The molecule has 0 aliphatic carbocycles. The van der Waals surface area contributed by atoms with Crippen LogP contribution in [0.1, 0.15) is 31.5 Å². The second kappa shape index (κ2) is 6.52. The number of hydrogen-bond donors (Lipinski definition) is 1. The minimum Gasteiger partial charge on any atom is -0.301 e. The predicted octanol–water partition coefficient (Wildman–Crippen LogP) is 2.65. The molecule has 19 heavy (non-hydrogen) atoms. The van der Waals surface area contributed by atoms with Crippen molar-refractivity contribution in [1.29, 1.82) is 0 Å². The highest BCUT2D eigenvalue weighted by atomic mass is 32.2. The summed E-state index contributed by atoms with van der Waals surface area (Å²) in [7, 11) is 0. The molecule has 1 atom stereocenters. The highest BCUT2D eigenvalue weighted by Crippen LogP contribution is 2.20. The molecule has 1 N–H and O–H groups in total. The molecule has 100 valence electrons. The quantitative estimate of drug-likeness (QED) is 0.673. The van der Waals surface area contributed by atoms with E-state index in [-0.39, 0.29) is 5.56 Å². The third-order valence-electron chi connectivity index (χ3n) is 2.80. The van der Waals surface area contributed by atoms with Gasteiger partial charge in [0.1, 0.15) is 0 Å². The fourth-order valence-corrected chi connectivity index (χ4v) is 2.49. The van der Waals surface area contributed by atoms with Crippen molar-refractivity contribution in [3.05, 3.63) is 52.2 Å². The monoisotopic (exact) mass is 275 g/mol. The molecule has 0 saturated carbocycles. The van der Waals surface area contributed by atoms with E-state index in [0.717, 1.165) is 17.7 Å². The summed E-state index contributed by atoms with van der Waals surface area (Å²) in [4.78, 5) is 22.9. The van der Waals surface area contributed by atoms with Crippen LogP contribution in [0.15, 0.2) is 40.5 Å². The topological polar surface area (TPSA) is 58.6 Å². The number of aromatic amines is 1. The van der Waals surface area contributed by atoms with Crippen LogP contribution in [-0.4, -0.2) is 20.2 Å². The van der Waals surface area contributed by atoms with E-state index in [4.69, 9.17) is 0 Å². The Labute approximate surface area is 116 Å². The number of nitrogens with one attached hydrogen (secondary N) is 1. The zero-order valence-electron chi connectivity index (χ0n) is 11.1. The number of hydrogen-bond acceptors (Lipinski definition) is 4. The van der Waals surface area contributed by atoms with Crippen molar-refractivity contribution < 1.29 is 0 Å². The third-order valence-corrected chi connectivity index (χ3v) is 3.95. The van der Waals surface area contributed by atoms with E-state index >= 15 is 0 Å². The van der Waals surface area contributed by atoms with Crippen LogP contribution in [0.3, 0.4) is 0 Å². The second-order valence-electron chi connectivity index (χ2n) is 4.41. The lowest BCUT2D eigenvalue weighted by Crippen LogP contribution is -2.11. The maximum atomic E-state index is 11.6. The van der Waals surface area contributed by atoms with Gasteiger partial charge in [-0.15, -0.1) is 0 Å². The van der Waals surface area contributed by atoms with Gasteiger partial charge in [0, 0.05) is 30.1 Å². The standard InChI is InChI=1S/C14H17N3OS/c1-3-10(2)19-14-16-12(9-13(18)17-14)8-11-4-6-15-7-5-11/h4-7,9-10H,3,8H2,1-2H3,(H,16,17,18). The second-order valence-corrected chi connectivity index (χ2v) is 5.84. The average molecular weight is 275 g/mol. The molecule has 5 heteroatoms. The lowest BCUT2D eigenvalue weighted by molar-refractivity contribution is 0.853. The first-order valence-corrected chi connectivity index (χ1v) is 7.21. The van der Waals surface area contributed by atoms with Crippen LogP contribution in [-0.2, 0) is 6.42 Å². The molecule has 4 nitrogen and oxygen atoms in total. The Bertz CT molecular complexity index is 583. The fourth-order valence-electron chi connectivity index (χ4n) is 1.61. The molecule has 0 aromatic carbocycles. The van der Waals surface area contributed by atoms with Crippen molar-refractivity contribution in [1.82, 2.24) is 15.0 Å². The molecule has 0 radical (unpaired) electrons. The zero-order chi connectivity index (χ0) is 13.7. The zero-order valence-corrected chi connectivity index (χ0v) is 11.9. The van der Waals surface area contributed by atoms with Gasteiger partial charge in [0.05, 0.1) is 5.69 Å². The number of aromatic nitrogens is 3. The van der Waals surface area contributed by atoms with Crippen LogP contribution >= 0.6 is 11.8 Å².